The van der Waals surface area contributed by atoms with Gasteiger partial charge in [0.1, 0.15) is 33.6 Å². The number of nitrogens with zero attached hydrogens (tertiary/aromatic N) is 2. The van der Waals surface area contributed by atoms with Gasteiger partial charge in [0.2, 0.25) is 0 Å². The second-order valence-electron chi connectivity index (χ2n) is 10.8. The van der Waals surface area contributed by atoms with Gasteiger partial charge in [-0.2, -0.15) is 0 Å². The molecule has 0 saturated heterocycles. The Bertz CT molecular complexity index is 1940. The lowest BCUT2D eigenvalue weighted by molar-refractivity contribution is 0.0698. The fourth-order valence-corrected chi connectivity index (χ4v) is 6.22. The number of aryl methyl sites for hydroxylation is 2. The summed E-state index contributed by atoms with van der Waals surface area (Å²) in [5.41, 5.74) is 5.41. The molecule has 1 N–H and O–H groups in total. The topological polar surface area (TPSA) is 112 Å². The summed E-state index contributed by atoms with van der Waals surface area (Å²) in [5.74, 6) is 0.215. The van der Waals surface area contributed by atoms with Gasteiger partial charge in [0.15, 0.2) is 0 Å². The fraction of sp³-hybridized carbons (Fsp3) is 0.250. The Hall–Kier alpha value is -3.79. The number of aromatic nitrogens is 2. The van der Waals surface area contributed by atoms with Crippen LogP contribution in [0, 0.1) is 6.92 Å². The molecule has 43 heavy (non-hydrogen) atoms. The number of benzene rings is 3. The molecule has 0 atom stereocenters. The minimum atomic E-state index is -3.23. The molecule has 0 aliphatic heterocycles. The van der Waals surface area contributed by atoms with E-state index >= 15 is 0 Å². The molecule has 0 spiro atoms. The molecule has 0 amide bonds. The SMILES string of the molecule is Cc1cc(OCc2c(-c3c(Cl)cccc3Cl)noc2C(C)C)ccc1-c1ccc2c(C(=O)O)cn(CCS(C)(=O)=O)c2c1. The average molecular weight is 642 g/mol. The number of aromatic carboxylic acids is 1. The maximum Gasteiger partial charge on any atom is 0.337 e. The monoisotopic (exact) mass is 640 g/mol. The third kappa shape index (κ3) is 6.44. The smallest absolute Gasteiger partial charge is 0.337 e. The van der Waals surface area contributed by atoms with Crippen molar-refractivity contribution >= 4 is 49.9 Å². The van der Waals surface area contributed by atoms with Crippen molar-refractivity contribution < 1.29 is 27.6 Å². The summed E-state index contributed by atoms with van der Waals surface area (Å²) >= 11 is 12.9. The molecule has 11 heteroatoms. The Labute approximate surface area is 259 Å². The zero-order valence-corrected chi connectivity index (χ0v) is 26.3. The first kappa shape index (κ1) is 30.7. The van der Waals surface area contributed by atoms with Gasteiger partial charge < -0.3 is 18.9 Å². The second kappa shape index (κ2) is 12.1. The van der Waals surface area contributed by atoms with Crippen LogP contribution >= 0.6 is 23.2 Å². The molecule has 0 aliphatic carbocycles. The Morgan fingerprint density at radius 3 is 2.44 bits per heavy atom. The van der Waals surface area contributed by atoms with Crippen molar-refractivity contribution in [3.8, 4) is 28.1 Å². The number of carboxylic acids is 1. The van der Waals surface area contributed by atoms with Crippen LogP contribution in [0.3, 0.4) is 0 Å². The van der Waals surface area contributed by atoms with E-state index in [2.05, 4.69) is 5.16 Å². The van der Waals surface area contributed by atoms with E-state index in [-0.39, 0.29) is 30.4 Å². The number of hydrogen-bond donors (Lipinski definition) is 1. The Balaban J connectivity index is 1.45. The minimum absolute atomic E-state index is 0.0539. The zero-order valence-electron chi connectivity index (χ0n) is 24.0. The summed E-state index contributed by atoms with van der Waals surface area (Å²) in [5, 5.41) is 15.5. The zero-order chi connectivity index (χ0) is 31.1. The molecule has 0 saturated carbocycles. The lowest BCUT2D eigenvalue weighted by Crippen LogP contribution is -2.10. The van der Waals surface area contributed by atoms with E-state index in [1.807, 2.05) is 51.1 Å². The van der Waals surface area contributed by atoms with Crippen LogP contribution in [0.2, 0.25) is 10.0 Å². The van der Waals surface area contributed by atoms with E-state index in [9.17, 15) is 18.3 Å². The highest BCUT2D eigenvalue weighted by molar-refractivity contribution is 7.90. The summed E-state index contributed by atoms with van der Waals surface area (Å²) in [4.78, 5) is 11.8. The molecule has 224 valence electrons. The molecular weight excluding hydrogens is 611 g/mol. The molecule has 0 radical (unpaired) electrons. The van der Waals surface area contributed by atoms with Crippen molar-refractivity contribution in [2.45, 2.75) is 39.8 Å². The maximum absolute atomic E-state index is 11.8. The first-order valence-corrected chi connectivity index (χ1v) is 16.4. The summed E-state index contributed by atoms with van der Waals surface area (Å²) in [6.45, 7) is 6.32. The number of fused-ring (bicyclic) bond motifs is 1. The highest BCUT2D eigenvalue weighted by Crippen LogP contribution is 2.39. The standard InChI is InChI=1S/C32H30Cl2N2O6S/c1-18(2)31-25(30(35-42-31)29-26(33)6-5-7-27(29)34)17-41-21-9-11-22(19(3)14-21)20-8-10-23-24(32(37)38)16-36(28(23)15-20)12-13-43(4,39)40/h5-11,14-16,18H,12-13,17H2,1-4H3,(H,37,38). The number of sulfone groups is 1. The van der Waals surface area contributed by atoms with Crippen molar-refractivity contribution in [1.82, 2.24) is 9.72 Å². The van der Waals surface area contributed by atoms with Gasteiger partial charge in [-0.05, 0) is 53.9 Å². The third-order valence-electron chi connectivity index (χ3n) is 7.25. The van der Waals surface area contributed by atoms with Crippen LogP contribution in [0.1, 0.15) is 47.0 Å². The predicted octanol–water partition coefficient (Wildman–Crippen LogP) is 8.02. The van der Waals surface area contributed by atoms with Crippen LogP contribution < -0.4 is 4.74 Å². The molecule has 0 aliphatic rings. The van der Waals surface area contributed by atoms with Gasteiger partial charge in [-0.25, -0.2) is 13.2 Å². The summed E-state index contributed by atoms with van der Waals surface area (Å²) in [7, 11) is -3.23. The van der Waals surface area contributed by atoms with Gasteiger partial charge in [0, 0.05) is 41.4 Å². The van der Waals surface area contributed by atoms with Crippen molar-refractivity contribution in [3.63, 3.8) is 0 Å². The number of carboxylic acid groups (broad SMARTS) is 1. The van der Waals surface area contributed by atoms with Gasteiger partial charge in [-0.15, -0.1) is 0 Å². The van der Waals surface area contributed by atoms with Crippen LogP contribution in [-0.4, -0.2) is 41.2 Å². The molecule has 2 aromatic heterocycles. The van der Waals surface area contributed by atoms with Crippen LogP contribution in [0.4, 0.5) is 0 Å². The first-order valence-electron chi connectivity index (χ1n) is 13.5. The van der Waals surface area contributed by atoms with E-state index in [4.69, 9.17) is 32.5 Å². The normalized spacial score (nSPS) is 11.9. The Morgan fingerprint density at radius 1 is 1.09 bits per heavy atom. The molecule has 0 fully saturated rings. The average Bonchev–Trinajstić information content (AvgIpc) is 3.52. The quantitative estimate of drug-likeness (QED) is 0.164. The van der Waals surface area contributed by atoms with Gasteiger partial charge in [-0.3, -0.25) is 0 Å². The molecule has 0 unspecified atom stereocenters. The Kier molecular flexibility index (Phi) is 8.61. The molecule has 3 aromatic carbocycles. The van der Waals surface area contributed by atoms with Crippen molar-refractivity contribution in [1.29, 1.82) is 0 Å². The third-order valence-corrected chi connectivity index (χ3v) is 8.80. The lowest BCUT2D eigenvalue weighted by Gasteiger charge is -2.13. The number of halogens is 2. The van der Waals surface area contributed by atoms with Crippen LogP contribution in [0.25, 0.3) is 33.3 Å². The van der Waals surface area contributed by atoms with E-state index in [0.29, 0.717) is 43.7 Å². The van der Waals surface area contributed by atoms with Crippen LogP contribution in [0.5, 0.6) is 5.75 Å². The van der Waals surface area contributed by atoms with Gasteiger partial charge in [0.25, 0.3) is 0 Å². The second-order valence-corrected chi connectivity index (χ2v) is 13.9. The molecular formula is C32H30Cl2N2O6S. The van der Waals surface area contributed by atoms with Gasteiger partial charge >= 0.3 is 5.97 Å². The van der Waals surface area contributed by atoms with E-state index in [1.54, 1.807) is 28.8 Å². The molecule has 5 aromatic rings. The van der Waals surface area contributed by atoms with Gasteiger partial charge in [0.05, 0.1) is 26.9 Å². The number of carbonyl (C=O) groups is 1. The largest absolute Gasteiger partial charge is 0.489 e. The van der Waals surface area contributed by atoms with Crippen LogP contribution in [0.15, 0.2) is 65.3 Å². The summed E-state index contributed by atoms with van der Waals surface area (Å²) in [6.07, 6.45) is 2.65. The van der Waals surface area contributed by atoms with Crippen LogP contribution in [-0.2, 0) is 23.0 Å². The highest BCUT2D eigenvalue weighted by atomic mass is 35.5. The minimum Gasteiger partial charge on any atom is -0.489 e. The predicted molar refractivity (Wildman–Crippen MR) is 169 cm³/mol. The van der Waals surface area contributed by atoms with E-state index in [0.717, 1.165) is 28.5 Å². The summed E-state index contributed by atoms with van der Waals surface area (Å²) in [6, 6.07) is 16.5. The van der Waals surface area contributed by atoms with E-state index < -0.39 is 15.8 Å². The fourth-order valence-electron chi connectivity index (χ4n) is 5.12. The van der Waals surface area contributed by atoms with Gasteiger partial charge in [-0.1, -0.05) is 66.5 Å². The highest BCUT2D eigenvalue weighted by Gasteiger charge is 2.24. The Morgan fingerprint density at radius 2 is 1.81 bits per heavy atom. The van der Waals surface area contributed by atoms with Crippen molar-refractivity contribution in [2.24, 2.45) is 0 Å². The van der Waals surface area contributed by atoms with Crippen molar-refractivity contribution in [2.75, 3.05) is 12.0 Å². The number of ether oxygens (including phenoxy) is 1. The summed E-state index contributed by atoms with van der Waals surface area (Å²) < 4.78 is 37.2. The molecule has 8 nitrogen and oxygen atoms in total. The first-order chi connectivity index (χ1) is 20.3. The van der Waals surface area contributed by atoms with E-state index in [1.165, 1.54) is 6.20 Å². The maximum atomic E-state index is 11.8. The molecule has 5 rings (SSSR count). The number of rotatable bonds is 10. The molecule has 0 bridgehead atoms. The molecule has 2 heterocycles. The number of hydrogen-bond acceptors (Lipinski definition) is 6. The van der Waals surface area contributed by atoms with Crippen molar-refractivity contribution in [3.05, 3.63) is 93.3 Å². The lowest BCUT2D eigenvalue weighted by atomic mass is 9.98.